The Morgan fingerprint density at radius 2 is 2.08 bits per heavy atom. The van der Waals surface area contributed by atoms with E-state index in [0.29, 0.717) is 25.2 Å². The van der Waals surface area contributed by atoms with Crippen molar-refractivity contribution in [3.8, 4) is 0 Å². The van der Waals surface area contributed by atoms with Gasteiger partial charge in [-0.2, -0.15) is 9.40 Å². The molecule has 0 amide bonds. The van der Waals surface area contributed by atoms with Gasteiger partial charge in [-0.3, -0.25) is 4.68 Å². The van der Waals surface area contributed by atoms with E-state index in [1.165, 1.54) is 14.6 Å². The first-order chi connectivity index (χ1) is 11.5. The fraction of sp³-hybridized carbons (Fsp3) is 0.471. The summed E-state index contributed by atoms with van der Waals surface area (Å²) in [6.45, 7) is 0.905. The van der Waals surface area contributed by atoms with Gasteiger partial charge in [0.15, 0.2) is 5.03 Å². The van der Waals surface area contributed by atoms with Crippen molar-refractivity contribution in [3.05, 3.63) is 46.6 Å². The lowest BCUT2D eigenvalue weighted by Crippen LogP contribution is -2.32. The molecule has 0 saturated carbocycles. The van der Waals surface area contributed by atoms with Gasteiger partial charge in [-0.15, -0.1) is 0 Å². The van der Waals surface area contributed by atoms with Crippen molar-refractivity contribution in [1.29, 1.82) is 0 Å². The fourth-order valence-corrected chi connectivity index (χ4v) is 5.52. The Morgan fingerprint density at radius 3 is 2.92 bits per heavy atom. The number of fused-ring (bicyclic) bond motifs is 2. The molecule has 0 N–H and O–H groups in total. The highest BCUT2D eigenvalue weighted by atomic mass is 32.2. The highest BCUT2D eigenvalue weighted by Gasteiger charge is 2.37. The van der Waals surface area contributed by atoms with Crippen LogP contribution in [0.3, 0.4) is 0 Å². The van der Waals surface area contributed by atoms with Crippen LogP contribution < -0.4 is 0 Å². The van der Waals surface area contributed by atoms with E-state index >= 15 is 0 Å². The van der Waals surface area contributed by atoms with E-state index in [1.54, 1.807) is 14.1 Å². The van der Waals surface area contributed by atoms with E-state index in [-0.39, 0.29) is 11.1 Å². The van der Waals surface area contributed by atoms with Gasteiger partial charge < -0.3 is 4.74 Å². The summed E-state index contributed by atoms with van der Waals surface area (Å²) in [6.07, 6.45) is 2.38. The van der Waals surface area contributed by atoms with Gasteiger partial charge in [0.05, 0.1) is 24.9 Å². The third-order valence-corrected chi connectivity index (χ3v) is 7.08. The zero-order valence-electron chi connectivity index (χ0n) is 13.9. The van der Waals surface area contributed by atoms with Crippen LogP contribution in [0.2, 0.25) is 0 Å². The minimum atomic E-state index is -3.64. The second-order valence-electron chi connectivity index (χ2n) is 6.43. The standard InChI is InChI=1S/C17H21N3O3S/c1-19-17(14-11-23-10-9-15(14)18-19)24(21,22)20(2)16-8-7-12-5-3-4-6-13(12)16/h3-6,16H,7-11H2,1-2H3. The van der Waals surface area contributed by atoms with E-state index in [2.05, 4.69) is 11.2 Å². The van der Waals surface area contributed by atoms with E-state index in [1.807, 2.05) is 18.2 Å². The van der Waals surface area contributed by atoms with E-state index < -0.39 is 10.0 Å². The number of ether oxygens (including phenoxy) is 1. The van der Waals surface area contributed by atoms with Crippen molar-refractivity contribution in [3.63, 3.8) is 0 Å². The lowest BCUT2D eigenvalue weighted by Gasteiger charge is -2.25. The van der Waals surface area contributed by atoms with Crippen LogP contribution in [0.5, 0.6) is 0 Å². The molecule has 128 valence electrons. The van der Waals surface area contributed by atoms with E-state index in [4.69, 9.17) is 4.74 Å². The molecule has 4 rings (SSSR count). The summed E-state index contributed by atoms with van der Waals surface area (Å²) in [7, 11) is -0.272. The minimum absolute atomic E-state index is 0.124. The number of aromatic nitrogens is 2. The molecule has 0 fully saturated rings. The molecule has 1 atom stereocenters. The monoisotopic (exact) mass is 347 g/mol. The van der Waals surface area contributed by atoms with Crippen LogP contribution >= 0.6 is 0 Å². The number of hydrogen-bond acceptors (Lipinski definition) is 4. The van der Waals surface area contributed by atoms with Gasteiger partial charge >= 0.3 is 0 Å². The maximum Gasteiger partial charge on any atom is 0.260 e. The number of nitrogens with zero attached hydrogens (tertiary/aromatic N) is 3. The molecule has 0 spiro atoms. The first-order valence-corrected chi connectivity index (χ1v) is 9.62. The highest BCUT2D eigenvalue weighted by Crippen LogP contribution is 2.38. The Bertz CT molecular complexity index is 888. The third kappa shape index (κ3) is 2.30. The van der Waals surface area contributed by atoms with Gasteiger partial charge in [-0.25, -0.2) is 8.42 Å². The second-order valence-corrected chi connectivity index (χ2v) is 8.34. The summed E-state index contributed by atoms with van der Waals surface area (Å²) in [6, 6.07) is 7.96. The molecule has 1 aliphatic carbocycles. The fourth-order valence-electron chi connectivity index (χ4n) is 3.83. The van der Waals surface area contributed by atoms with E-state index in [0.717, 1.165) is 24.1 Å². The lowest BCUT2D eigenvalue weighted by atomic mass is 10.1. The molecule has 2 aliphatic rings. The van der Waals surface area contributed by atoms with E-state index in [9.17, 15) is 8.42 Å². The molecule has 1 aromatic heterocycles. The number of rotatable bonds is 3. The van der Waals surface area contributed by atoms with Crippen LogP contribution in [0, 0.1) is 0 Å². The normalized spacial score (nSPS) is 20.2. The molecule has 0 saturated heterocycles. The average Bonchev–Trinajstić information content (AvgIpc) is 3.14. The predicted molar refractivity (Wildman–Crippen MR) is 89.0 cm³/mol. The summed E-state index contributed by atoms with van der Waals surface area (Å²) in [5.74, 6) is 0. The molecule has 2 heterocycles. The summed E-state index contributed by atoms with van der Waals surface area (Å²) < 4.78 is 35.1. The second kappa shape index (κ2) is 5.68. The molecule has 1 aliphatic heterocycles. The van der Waals surface area contributed by atoms with Crippen molar-refractivity contribution in [1.82, 2.24) is 14.1 Å². The van der Waals surface area contributed by atoms with Crippen molar-refractivity contribution < 1.29 is 13.2 Å². The first-order valence-electron chi connectivity index (χ1n) is 8.18. The topological polar surface area (TPSA) is 64.4 Å². The van der Waals surface area contributed by atoms with Crippen molar-refractivity contribution in [2.75, 3.05) is 13.7 Å². The molecule has 7 heteroatoms. The summed E-state index contributed by atoms with van der Waals surface area (Å²) in [4.78, 5) is 0. The van der Waals surface area contributed by atoms with Gasteiger partial charge in [-0.05, 0) is 24.0 Å². The van der Waals surface area contributed by atoms with Crippen LogP contribution in [0.1, 0.15) is 34.8 Å². The zero-order valence-corrected chi connectivity index (χ0v) is 14.7. The largest absolute Gasteiger partial charge is 0.376 e. The number of aryl methyl sites for hydroxylation is 2. The molecular weight excluding hydrogens is 326 g/mol. The Kier molecular flexibility index (Phi) is 3.74. The lowest BCUT2D eigenvalue weighted by molar-refractivity contribution is 0.108. The van der Waals surface area contributed by atoms with Crippen LogP contribution in [-0.2, 0) is 41.3 Å². The third-order valence-electron chi connectivity index (χ3n) is 5.06. The van der Waals surface area contributed by atoms with Crippen molar-refractivity contribution in [2.45, 2.75) is 36.9 Å². The Balaban J connectivity index is 1.75. The Labute approximate surface area is 142 Å². The van der Waals surface area contributed by atoms with Gasteiger partial charge in [0.1, 0.15) is 0 Å². The average molecular weight is 347 g/mol. The molecule has 6 nitrogen and oxygen atoms in total. The molecule has 2 aromatic rings. The van der Waals surface area contributed by atoms with Crippen LogP contribution in [-0.4, -0.2) is 36.2 Å². The van der Waals surface area contributed by atoms with Crippen LogP contribution in [0.4, 0.5) is 0 Å². The molecule has 24 heavy (non-hydrogen) atoms. The number of sulfonamides is 1. The Morgan fingerprint density at radius 1 is 1.29 bits per heavy atom. The zero-order chi connectivity index (χ0) is 16.9. The number of hydrogen-bond donors (Lipinski definition) is 0. The molecule has 1 aromatic carbocycles. The number of benzene rings is 1. The maximum absolute atomic E-state index is 13.3. The van der Waals surface area contributed by atoms with Crippen LogP contribution in [0.15, 0.2) is 29.3 Å². The smallest absolute Gasteiger partial charge is 0.260 e. The Hall–Kier alpha value is -1.70. The highest BCUT2D eigenvalue weighted by molar-refractivity contribution is 7.89. The molecular formula is C17H21N3O3S. The van der Waals surface area contributed by atoms with Gasteiger partial charge in [0.25, 0.3) is 10.0 Å². The van der Waals surface area contributed by atoms with Crippen LogP contribution in [0.25, 0.3) is 0 Å². The minimum Gasteiger partial charge on any atom is -0.376 e. The summed E-state index contributed by atoms with van der Waals surface area (Å²) in [5, 5.41) is 4.67. The van der Waals surface area contributed by atoms with Crippen molar-refractivity contribution in [2.24, 2.45) is 7.05 Å². The SMILES string of the molecule is CN(C1CCc2ccccc21)S(=O)(=O)c1c2c(nn1C)CCOC2. The van der Waals surface area contributed by atoms with Gasteiger partial charge in [0.2, 0.25) is 0 Å². The maximum atomic E-state index is 13.3. The first kappa shape index (κ1) is 15.8. The van der Waals surface area contributed by atoms with Crippen molar-refractivity contribution >= 4 is 10.0 Å². The summed E-state index contributed by atoms with van der Waals surface area (Å²) >= 11 is 0. The molecule has 0 bridgehead atoms. The van der Waals surface area contributed by atoms with Gasteiger partial charge in [0, 0.05) is 26.1 Å². The summed E-state index contributed by atoms with van der Waals surface area (Å²) in [5.41, 5.74) is 3.89. The predicted octanol–water partition coefficient (Wildman–Crippen LogP) is 1.80. The quantitative estimate of drug-likeness (QED) is 0.849. The molecule has 0 radical (unpaired) electrons. The molecule has 1 unspecified atom stereocenters. The van der Waals surface area contributed by atoms with Gasteiger partial charge in [-0.1, -0.05) is 24.3 Å².